The van der Waals surface area contributed by atoms with Crippen LogP contribution in [0.3, 0.4) is 0 Å². The Kier molecular flexibility index (Phi) is 19.2. The van der Waals surface area contributed by atoms with Crippen molar-refractivity contribution in [3.05, 3.63) is 82.1 Å². The van der Waals surface area contributed by atoms with Crippen molar-refractivity contribution in [2.24, 2.45) is 11.8 Å². The highest BCUT2D eigenvalue weighted by Crippen LogP contribution is 2.29. The van der Waals surface area contributed by atoms with Crippen LogP contribution in [0.25, 0.3) is 0 Å². The summed E-state index contributed by atoms with van der Waals surface area (Å²) in [7, 11) is 0. The lowest BCUT2D eigenvalue weighted by molar-refractivity contribution is -0.283. The molecule has 2 saturated heterocycles. The minimum absolute atomic E-state index is 0.0155. The Morgan fingerprint density at radius 3 is 2.38 bits per heavy atom. The first-order valence-electron chi connectivity index (χ1n) is 22.0. The number of ether oxygens (including phenoxy) is 2. The third kappa shape index (κ3) is 14.7. The Morgan fingerprint density at radius 2 is 1.68 bits per heavy atom. The lowest BCUT2D eigenvalue weighted by Gasteiger charge is -2.39. The van der Waals surface area contributed by atoms with Crippen LogP contribution in [-0.4, -0.2) is 146 Å². The van der Waals surface area contributed by atoms with Crippen LogP contribution in [0, 0.1) is 18.8 Å². The molecule has 17 nitrogen and oxygen atoms in total. The van der Waals surface area contributed by atoms with E-state index in [1.807, 2.05) is 71.3 Å². The van der Waals surface area contributed by atoms with Crippen molar-refractivity contribution >= 4 is 41.1 Å². The fraction of sp³-hybridized carbons (Fsp3) is 0.578. The van der Waals surface area contributed by atoms with E-state index in [1.54, 1.807) is 0 Å². The molecule has 1 aromatic heterocycles. The first-order valence-corrected chi connectivity index (χ1v) is 22.4. The van der Waals surface area contributed by atoms with Crippen molar-refractivity contribution in [1.82, 2.24) is 30.0 Å². The zero-order valence-corrected chi connectivity index (χ0v) is 37.1. The largest absolute Gasteiger partial charge is 0.465 e. The van der Waals surface area contributed by atoms with E-state index < -0.39 is 42.7 Å². The zero-order valence-electron chi connectivity index (χ0n) is 36.4. The second-order valence-electron chi connectivity index (χ2n) is 16.8. The number of aromatic nitrogens is 2. The molecule has 18 heteroatoms. The van der Waals surface area contributed by atoms with E-state index in [4.69, 9.17) is 32.5 Å². The zero-order chi connectivity index (χ0) is 45.5. The number of nitrogens with two attached hydrogens (primary N) is 2. The smallest absolute Gasteiger partial charge is 0.407 e. The summed E-state index contributed by atoms with van der Waals surface area (Å²) in [5.74, 6) is -1.20. The topological polar surface area (TPSA) is 250 Å². The molecule has 2 aliphatic heterocycles. The van der Waals surface area contributed by atoms with E-state index in [2.05, 4.69) is 22.2 Å². The van der Waals surface area contributed by atoms with Gasteiger partial charge < -0.3 is 61.4 Å². The maximum absolute atomic E-state index is 13.6. The molecular formula is C45H65ClN8O9. The number of carbonyl (C=O) groups excluding carboxylic acids is 2. The highest BCUT2D eigenvalue weighted by atomic mass is 35.5. The minimum Gasteiger partial charge on any atom is -0.465 e. The van der Waals surface area contributed by atoms with Gasteiger partial charge in [0.05, 0.1) is 12.7 Å². The highest BCUT2D eigenvalue weighted by Gasteiger charge is 2.40. The molecule has 0 aliphatic carbocycles. The van der Waals surface area contributed by atoms with E-state index in [1.165, 1.54) is 4.90 Å². The fourth-order valence-corrected chi connectivity index (χ4v) is 8.33. The van der Waals surface area contributed by atoms with Crippen LogP contribution in [0.2, 0.25) is 5.15 Å². The van der Waals surface area contributed by atoms with E-state index in [9.17, 15) is 34.8 Å². The van der Waals surface area contributed by atoms with E-state index in [0.717, 1.165) is 42.4 Å². The number of nitrogen functional groups attached to an aromatic ring is 2. The third-order valence-corrected chi connectivity index (χ3v) is 12.2. The second-order valence-corrected chi connectivity index (χ2v) is 17.1. The molecule has 3 aromatic rings. The summed E-state index contributed by atoms with van der Waals surface area (Å²) in [6, 6.07) is 17.0. The molecule has 9 N–H and O–H groups in total. The van der Waals surface area contributed by atoms with Crippen molar-refractivity contribution in [1.29, 1.82) is 0 Å². The van der Waals surface area contributed by atoms with Gasteiger partial charge in [-0.1, -0.05) is 92.4 Å². The molecule has 0 saturated carbocycles. The number of anilines is 2. The van der Waals surface area contributed by atoms with Gasteiger partial charge in [0.25, 0.3) is 5.91 Å². The molecular weight excluding hydrogens is 832 g/mol. The monoisotopic (exact) mass is 896 g/mol. The van der Waals surface area contributed by atoms with Gasteiger partial charge in [-0.3, -0.25) is 9.59 Å². The number of aryl methyl sites for hydroxylation is 1. The SMILES string of the molecule is CCCCCCN(CCC(=O)N1CCC(CN(C[C@H](CNC(=O)c2nc(Cl)c(N)nc2N)Cc2ccccc2C)C(=O)O)CC1)C[C@H](O)[C@@H](O)[C@@H]1O[C@H](c2ccccc2)OC[C@H]1O. The van der Waals surface area contributed by atoms with Crippen LogP contribution in [0.5, 0.6) is 0 Å². The summed E-state index contributed by atoms with van der Waals surface area (Å²) in [6.07, 6.45) is -0.804. The number of amides is 3. The van der Waals surface area contributed by atoms with Gasteiger partial charge in [0, 0.05) is 57.8 Å². The Hall–Kier alpha value is -4.62. The van der Waals surface area contributed by atoms with Gasteiger partial charge in [-0.25, -0.2) is 14.8 Å². The number of carbonyl (C=O) groups is 3. The minimum atomic E-state index is -1.40. The number of rotatable bonds is 22. The third-order valence-electron chi connectivity index (χ3n) is 11.9. The maximum Gasteiger partial charge on any atom is 0.407 e. The summed E-state index contributed by atoms with van der Waals surface area (Å²) < 4.78 is 11.6. The van der Waals surface area contributed by atoms with Gasteiger partial charge in [-0.15, -0.1) is 0 Å². The summed E-state index contributed by atoms with van der Waals surface area (Å²) in [5, 5.41) is 46.2. The number of aliphatic hydroxyl groups excluding tert-OH is 3. The van der Waals surface area contributed by atoms with Crippen LogP contribution >= 0.6 is 11.6 Å². The van der Waals surface area contributed by atoms with Crippen LogP contribution in [-0.2, 0) is 20.7 Å². The molecule has 63 heavy (non-hydrogen) atoms. The summed E-state index contributed by atoms with van der Waals surface area (Å²) in [4.78, 5) is 52.5. The number of benzene rings is 2. The number of nitrogens with one attached hydrogen (secondary N) is 1. The van der Waals surface area contributed by atoms with Crippen molar-refractivity contribution < 1.29 is 44.3 Å². The molecule has 5 rings (SSSR count). The fourth-order valence-electron chi connectivity index (χ4n) is 8.21. The van der Waals surface area contributed by atoms with Crippen molar-refractivity contribution in [3.63, 3.8) is 0 Å². The first-order chi connectivity index (χ1) is 30.2. The van der Waals surface area contributed by atoms with E-state index in [-0.39, 0.29) is 79.4 Å². The number of aliphatic hydroxyl groups is 3. The first kappa shape index (κ1) is 49.4. The van der Waals surface area contributed by atoms with Crippen LogP contribution in [0.15, 0.2) is 54.6 Å². The number of nitrogens with zero attached hydrogens (tertiary/aromatic N) is 5. The number of piperidine rings is 1. The van der Waals surface area contributed by atoms with Crippen molar-refractivity contribution in [2.45, 2.75) is 95.9 Å². The van der Waals surface area contributed by atoms with Gasteiger partial charge in [-0.2, -0.15) is 0 Å². The molecule has 0 bridgehead atoms. The van der Waals surface area contributed by atoms with Crippen LogP contribution in [0.1, 0.15) is 85.3 Å². The van der Waals surface area contributed by atoms with Crippen molar-refractivity contribution in [3.8, 4) is 0 Å². The summed E-state index contributed by atoms with van der Waals surface area (Å²) in [5.41, 5.74) is 14.2. The van der Waals surface area contributed by atoms with Gasteiger partial charge in [-0.05, 0) is 62.1 Å². The van der Waals surface area contributed by atoms with Crippen LogP contribution < -0.4 is 16.8 Å². The highest BCUT2D eigenvalue weighted by molar-refractivity contribution is 6.31. The molecule has 2 fully saturated rings. The average molecular weight is 898 g/mol. The normalized spacial score (nSPS) is 19.7. The number of hydrogen-bond donors (Lipinski definition) is 7. The number of hydrogen-bond acceptors (Lipinski definition) is 13. The summed E-state index contributed by atoms with van der Waals surface area (Å²) in [6.45, 7) is 6.63. The Morgan fingerprint density at radius 1 is 0.968 bits per heavy atom. The van der Waals surface area contributed by atoms with Crippen molar-refractivity contribution in [2.75, 3.05) is 70.4 Å². The molecule has 3 amide bonds. The van der Waals surface area contributed by atoms with Gasteiger partial charge in [0.15, 0.2) is 28.8 Å². The molecule has 3 heterocycles. The predicted octanol–water partition coefficient (Wildman–Crippen LogP) is 3.88. The van der Waals surface area contributed by atoms with Gasteiger partial charge >= 0.3 is 6.09 Å². The molecule has 2 aromatic carbocycles. The van der Waals surface area contributed by atoms with Gasteiger partial charge in [0.2, 0.25) is 5.91 Å². The van der Waals surface area contributed by atoms with Crippen LogP contribution in [0.4, 0.5) is 16.4 Å². The summed E-state index contributed by atoms with van der Waals surface area (Å²) >= 11 is 6.00. The Labute approximate surface area is 374 Å². The Balaban J connectivity index is 1.14. The second kappa shape index (κ2) is 24.4. The van der Waals surface area contributed by atoms with Gasteiger partial charge in [0.1, 0.15) is 18.3 Å². The maximum atomic E-state index is 13.6. The number of halogens is 1. The molecule has 2 aliphatic rings. The molecule has 346 valence electrons. The molecule has 0 spiro atoms. The molecule has 0 radical (unpaired) electrons. The Bertz CT molecular complexity index is 1920. The lowest BCUT2D eigenvalue weighted by atomic mass is 9.93. The number of carboxylic acid groups (broad SMARTS) is 1. The standard InChI is InChI=1S/C45H65ClN8O9/c1-3-4-5-11-19-52(27-34(55)38(58)39-35(56)28-62-44(63-39)32-13-7-6-8-14-32)20-18-36(57)53-21-16-30(17-22-53)25-54(45(60)61)26-31(23-33-15-10-9-12-29(33)2)24-49-43(59)37-41(47)51-42(48)40(46)50-37/h6-10,12-15,30-31,34-35,38-39,44,55-56,58H,3-5,11,16-28H2,1-2H3,(H,49,59)(H,60,61)(H4,47,48,51)/t31-,34-,35+,38+,39+,44+/m0/s1. The predicted molar refractivity (Wildman–Crippen MR) is 239 cm³/mol. The van der Waals surface area contributed by atoms with E-state index in [0.29, 0.717) is 45.4 Å². The lowest BCUT2D eigenvalue weighted by Crippen LogP contribution is -2.54. The quantitative estimate of drug-likeness (QED) is 0.0708. The number of likely N-dealkylation sites (tertiary alicyclic amines) is 1. The number of unbranched alkanes of at least 4 members (excludes halogenated alkanes) is 3. The average Bonchev–Trinajstić information content (AvgIpc) is 3.27. The molecule has 0 unspecified atom stereocenters. The van der Waals surface area contributed by atoms with E-state index >= 15 is 0 Å². The molecule has 6 atom stereocenters.